The monoisotopic (exact) mass is 364 g/mol. The van der Waals surface area contributed by atoms with Crippen LogP contribution >= 0.6 is 15.9 Å². The lowest BCUT2D eigenvalue weighted by Gasteiger charge is -2.37. The SMILES string of the molecule is CC(C)CN1CCN(C(=O)C2(c3ccc(Br)cc3)CC2)CC1. The second-order valence-electron chi connectivity index (χ2n) is 7.08. The van der Waals surface area contributed by atoms with Crippen LogP contribution in [0.15, 0.2) is 28.7 Å². The molecular formula is C18H25BrN2O. The van der Waals surface area contributed by atoms with Gasteiger partial charge in [-0.1, -0.05) is 41.9 Å². The van der Waals surface area contributed by atoms with Gasteiger partial charge in [-0.15, -0.1) is 0 Å². The van der Waals surface area contributed by atoms with Crippen molar-refractivity contribution in [3.8, 4) is 0 Å². The first-order chi connectivity index (χ1) is 10.5. The van der Waals surface area contributed by atoms with E-state index in [0.29, 0.717) is 11.8 Å². The van der Waals surface area contributed by atoms with Gasteiger partial charge in [0, 0.05) is 37.2 Å². The first kappa shape index (κ1) is 16.0. The number of halogens is 1. The fourth-order valence-corrected chi connectivity index (χ4v) is 3.74. The van der Waals surface area contributed by atoms with Crippen LogP contribution in [0.1, 0.15) is 32.3 Å². The second kappa shape index (κ2) is 6.32. The minimum atomic E-state index is -0.221. The lowest BCUT2D eigenvalue weighted by Crippen LogP contribution is -2.52. The van der Waals surface area contributed by atoms with E-state index < -0.39 is 0 Å². The molecule has 2 fully saturated rings. The van der Waals surface area contributed by atoms with Gasteiger partial charge in [-0.2, -0.15) is 0 Å². The number of benzene rings is 1. The topological polar surface area (TPSA) is 23.6 Å². The lowest BCUT2D eigenvalue weighted by atomic mass is 9.94. The van der Waals surface area contributed by atoms with E-state index in [4.69, 9.17) is 0 Å². The first-order valence-electron chi connectivity index (χ1n) is 8.29. The van der Waals surface area contributed by atoms with Crippen molar-refractivity contribution in [2.75, 3.05) is 32.7 Å². The Hall–Kier alpha value is -0.870. The largest absolute Gasteiger partial charge is 0.339 e. The number of piperazine rings is 1. The third-order valence-corrected chi connectivity index (χ3v) is 5.37. The average Bonchev–Trinajstić information content (AvgIpc) is 3.29. The van der Waals surface area contributed by atoms with Crippen molar-refractivity contribution in [3.05, 3.63) is 34.3 Å². The van der Waals surface area contributed by atoms with Crippen LogP contribution in [0.3, 0.4) is 0 Å². The number of rotatable bonds is 4. The molecule has 0 aromatic heterocycles. The Balaban J connectivity index is 1.64. The van der Waals surface area contributed by atoms with Gasteiger partial charge in [0.15, 0.2) is 0 Å². The van der Waals surface area contributed by atoms with Gasteiger partial charge in [-0.3, -0.25) is 9.69 Å². The Morgan fingerprint density at radius 2 is 1.73 bits per heavy atom. The number of carbonyl (C=O) groups excluding carboxylic acids is 1. The van der Waals surface area contributed by atoms with Crippen molar-refractivity contribution in [2.45, 2.75) is 32.1 Å². The van der Waals surface area contributed by atoms with Gasteiger partial charge in [0.25, 0.3) is 0 Å². The summed E-state index contributed by atoms with van der Waals surface area (Å²) in [6, 6.07) is 8.29. The highest BCUT2D eigenvalue weighted by molar-refractivity contribution is 9.10. The maximum atomic E-state index is 13.0. The number of hydrogen-bond acceptors (Lipinski definition) is 2. The molecule has 1 heterocycles. The molecule has 1 saturated carbocycles. The zero-order valence-electron chi connectivity index (χ0n) is 13.5. The van der Waals surface area contributed by atoms with Crippen LogP contribution in [0.25, 0.3) is 0 Å². The molecule has 120 valence electrons. The number of nitrogens with zero attached hydrogens (tertiary/aromatic N) is 2. The van der Waals surface area contributed by atoms with Crippen molar-refractivity contribution in [1.29, 1.82) is 0 Å². The molecule has 0 atom stereocenters. The molecule has 22 heavy (non-hydrogen) atoms. The van der Waals surface area contributed by atoms with Gasteiger partial charge in [-0.05, 0) is 36.5 Å². The summed E-state index contributed by atoms with van der Waals surface area (Å²) < 4.78 is 1.07. The average molecular weight is 365 g/mol. The second-order valence-corrected chi connectivity index (χ2v) is 7.99. The number of carbonyl (C=O) groups is 1. The van der Waals surface area contributed by atoms with Gasteiger partial charge in [0.2, 0.25) is 5.91 Å². The third kappa shape index (κ3) is 3.23. The molecule has 0 N–H and O–H groups in total. The molecule has 1 aromatic carbocycles. The standard InChI is InChI=1S/C18H25BrN2O/c1-14(2)13-20-9-11-21(12-10-20)17(22)18(7-8-18)15-3-5-16(19)6-4-15/h3-6,14H,7-13H2,1-2H3. The minimum absolute atomic E-state index is 0.221. The zero-order chi connectivity index (χ0) is 15.7. The molecule has 0 unspecified atom stereocenters. The van der Waals surface area contributed by atoms with Crippen molar-refractivity contribution in [2.24, 2.45) is 5.92 Å². The Labute approximate surface area is 141 Å². The van der Waals surface area contributed by atoms with Gasteiger partial charge in [0.05, 0.1) is 5.41 Å². The smallest absolute Gasteiger partial charge is 0.233 e. The van der Waals surface area contributed by atoms with Crippen molar-refractivity contribution in [3.63, 3.8) is 0 Å². The van der Waals surface area contributed by atoms with Crippen molar-refractivity contribution < 1.29 is 4.79 Å². The van der Waals surface area contributed by atoms with Crippen LogP contribution in [0.4, 0.5) is 0 Å². The van der Waals surface area contributed by atoms with E-state index in [9.17, 15) is 4.79 Å². The quantitative estimate of drug-likeness (QED) is 0.818. The van der Waals surface area contributed by atoms with Crippen molar-refractivity contribution in [1.82, 2.24) is 9.80 Å². The first-order valence-corrected chi connectivity index (χ1v) is 9.08. The third-order valence-electron chi connectivity index (χ3n) is 4.84. The molecule has 0 radical (unpaired) electrons. The highest BCUT2D eigenvalue weighted by Gasteiger charge is 2.53. The van der Waals surface area contributed by atoms with E-state index in [0.717, 1.165) is 50.0 Å². The van der Waals surface area contributed by atoms with Crippen LogP contribution in [0, 0.1) is 5.92 Å². The minimum Gasteiger partial charge on any atom is -0.339 e. The van der Waals surface area contributed by atoms with Crippen LogP contribution in [-0.2, 0) is 10.2 Å². The van der Waals surface area contributed by atoms with E-state index in [1.807, 2.05) is 12.1 Å². The predicted molar refractivity (Wildman–Crippen MR) is 92.9 cm³/mol. The summed E-state index contributed by atoms with van der Waals surface area (Å²) in [4.78, 5) is 17.6. The van der Waals surface area contributed by atoms with Gasteiger partial charge >= 0.3 is 0 Å². The highest BCUT2D eigenvalue weighted by atomic mass is 79.9. The molecule has 4 heteroatoms. The van der Waals surface area contributed by atoms with E-state index in [-0.39, 0.29) is 5.41 Å². The molecule has 3 nitrogen and oxygen atoms in total. The number of amides is 1. The fourth-order valence-electron chi connectivity index (χ4n) is 3.47. The Morgan fingerprint density at radius 1 is 1.14 bits per heavy atom. The van der Waals surface area contributed by atoms with E-state index >= 15 is 0 Å². The number of hydrogen-bond donors (Lipinski definition) is 0. The maximum absolute atomic E-state index is 13.0. The zero-order valence-corrected chi connectivity index (χ0v) is 15.1. The summed E-state index contributed by atoms with van der Waals surface area (Å²) in [5, 5.41) is 0. The lowest BCUT2D eigenvalue weighted by molar-refractivity contribution is -0.135. The molecule has 1 amide bonds. The summed E-state index contributed by atoms with van der Waals surface area (Å²) in [6.45, 7) is 9.43. The van der Waals surface area contributed by atoms with Crippen LogP contribution in [0.5, 0.6) is 0 Å². The van der Waals surface area contributed by atoms with Gasteiger partial charge < -0.3 is 4.90 Å². The fraction of sp³-hybridized carbons (Fsp3) is 0.611. The summed E-state index contributed by atoms with van der Waals surface area (Å²) in [7, 11) is 0. The Morgan fingerprint density at radius 3 is 2.23 bits per heavy atom. The molecule has 0 spiro atoms. The molecule has 2 aliphatic rings. The van der Waals surface area contributed by atoms with Crippen LogP contribution < -0.4 is 0 Å². The summed E-state index contributed by atoms with van der Waals surface area (Å²) in [5.74, 6) is 1.04. The summed E-state index contributed by atoms with van der Waals surface area (Å²) in [6.07, 6.45) is 2.00. The Bertz CT molecular complexity index is 529. The van der Waals surface area contributed by atoms with Gasteiger partial charge in [-0.25, -0.2) is 0 Å². The van der Waals surface area contributed by atoms with E-state index in [2.05, 4.69) is 51.7 Å². The molecule has 3 rings (SSSR count). The van der Waals surface area contributed by atoms with Crippen molar-refractivity contribution >= 4 is 21.8 Å². The molecule has 1 aliphatic carbocycles. The molecule has 1 saturated heterocycles. The molecule has 0 bridgehead atoms. The van der Waals surface area contributed by atoms with E-state index in [1.165, 1.54) is 5.56 Å². The van der Waals surface area contributed by atoms with E-state index in [1.54, 1.807) is 0 Å². The summed E-state index contributed by atoms with van der Waals surface area (Å²) in [5.41, 5.74) is 0.964. The molecule has 1 aromatic rings. The molecular weight excluding hydrogens is 340 g/mol. The highest BCUT2D eigenvalue weighted by Crippen LogP contribution is 2.49. The normalized spacial score (nSPS) is 21.2. The predicted octanol–water partition coefficient (Wildman–Crippen LogP) is 3.28. The summed E-state index contributed by atoms with van der Waals surface area (Å²) >= 11 is 3.47. The Kier molecular flexibility index (Phi) is 4.60. The van der Waals surface area contributed by atoms with Gasteiger partial charge in [0.1, 0.15) is 0 Å². The van der Waals surface area contributed by atoms with Crippen LogP contribution in [0.2, 0.25) is 0 Å². The maximum Gasteiger partial charge on any atom is 0.233 e. The van der Waals surface area contributed by atoms with Crippen LogP contribution in [-0.4, -0.2) is 48.4 Å². The molecule has 1 aliphatic heterocycles.